The van der Waals surface area contributed by atoms with Crippen molar-refractivity contribution in [2.45, 2.75) is 31.8 Å². The summed E-state index contributed by atoms with van der Waals surface area (Å²) in [7, 11) is 0. The fourth-order valence-electron chi connectivity index (χ4n) is 1.95. The number of aliphatic hydroxyl groups is 1. The number of benzene rings is 1. The zero-order chi connectivity index (χ0) is 12.1. The molecule has 0 aliphatic carbocycles. The zero-order valence-electron chi connectivity index (χ0n) is 9.84. The lowest BCUT2D eigenvalue weighted by atomic mass is 10.0. The van der Waals surface area contributed by atoms with Crippen LogP contribution in [0, 0.1) is 0 Å². The molecule has 2 unspecified atom stereocenters. The van der Waals surface area contributed by atoms with Gasteiger partial charge in [0.15, 0.2) is 6.29 Å². The third-order valence-corrected chi connectivity index (χ3v) is 2.74. The van der Waals surface area contributed by atoms with Crippen LogP contribution in [0.5, 0.6) is 0 Å². The molecule has 0 bridgehead atoms. The van der Waals surface area contributed by atoms with Crippen molar-refractivity contribution < 1.29 is 14.6 Å². The van der Waals surface area contributed by atoms with Gasteiger partial charge in [-0.15, -0.1) is 0 Å². The summed E-state index contributed by atoms with van der Waals surface area (Å²) in [4.78, 5) is 0. The highest BCUT2D eigenvalue weighted by Crippen LogP contribution is 2.21. The van der Waals surface area contributed by atoms with E-state index in [0.29, 0.717) is 19.6 Å². The second kappa shape index (κ2) is 5.96. The Kier molecular flexibility index (Phi) is 4.31. The normalized spacial score (nSPS) is 24.9. The van der Waals surface area contributed by atoms with Crippen molar-refractivity contribution >= 4 is 0 Å². The summed E-state index contributed by atoms with van der Waals surface area (Å²) in [6, 6.07) is 10.0. The first-order valence-electron chi connectivity index (χ1n) is 5.86. The first-order chi connectivity index (χ1) is 8.24. The van der Waals surface area contributed by atoms with Crippen molar-refractivity contribution in [3.63, 3.8) is 0 Å². The second-order valence-electron chi connectivity index (χ2n) is 4.37. The third-order valence-electron chi connectivity index (χ3n) is 2.74. The molecule has 2 atom stereocenters. The van der Waals surface area contributed by atoms with E-state index in [2.05, 4.69) is 6.58 Å². The molecule has 1 heterocycles. The highest BCUT2D eigenvalue weighted by molar-refractivity contribution is 5.13. The molecule has 92 valence electrons. The van der Waals surface area contributed by atoms with Crippen molar-refractivity contribution in [2.75, 3.05) is 6.61 Å². The minimum atomic E-state index is -0.721. The van der Waals surface area contributed by atoms with Gasteiger partial charge in [0, 0.05) is 6.42 Å². The zero-order valence-corrected chi connectivity index (χ0v) is 9.84. The summed E-state index contributed by atoms with van der Waals surface area (Å²) in [5.41, 5.74) is 2.17. The summed E-state index contributed by atoms with van der Waals surface area (Å²) >= 11 is 0. The van der Waals surface area contributed by atoms with Gasteiger partial charge in [0.1, 0.15) is 0 Å². The van der Waals surface area contributed by atoms with Crippen LogP contribution in [0.15, 0.2) is 42.5 Å². The average molecular weight is 234 g/mol. The molecule has 3 nitrogen and oxygen atoms in total. The first-order valence-corrected chi connectivity index (χ1v) is 5.86. The van der Waals surface area contributed by atoms with Gasteiger partial charge in [0.2, 0.25) is 0 Å². The molecule has 3 heteroatoms. The quantitative estimate of drug-likeness (QED) is 0.812. The van der Waals surface area contributed by atoms with E-state index in [1.807, 2.05) is 30.3 Å². The summed E-state index contributed by atoms with van der Waals surface area (Å²) in [5.74, 6) is 0. The Labute approximate surface area is 102 Å². The van der Waals surface area contributed by atoms with Crippen LogP contribution in [0.2, 0.25) is 0 Å². The van der Waals surface area contributed by atoms with Gasteiger partial charge in [0.25, 0.3) is 0 Å². The molecule has 0 saturated carbocycles. The molecule has 0 radical (unpaired) electrons. The molecular weight excluding hydrogens is 216 g/mol. The molecule has 1 aliphatic rings. The number of aliphatic hydroxyl groups excluding tert-OH is 1. The fourth-order valence-corrected chi connectivity index (χ4v) is 1.95. The van der Waals surface area contributed by atoms with Crippen molar-refractivity contribution in [3.05, 3.63) is 48.0 Å². The predicted molar refractivity (Wildman–Crippen MR) is 65.4 cm³/mol. The molecule has 0 aromatic heterocycles. The molecule has 1 aromatic rings. The third kappa shape index (κ3) is 3.97. The Hall–Kier alpha value is -1.16. The minimum absolute atomic E-state index is 0.0741. The summed E-state index contributed by atoms with van der Waals surface area (Å²) in [5, 5.41) is 9.43. The highest BCUT2D eigenvalue weighted by atomic mass is 16.6. The van der Waals surface area contributed by atoms with Crippen molar-refractivity contribution in [1.82, 2.24) is 0 Å². The molecule has 2 rings (SSSR count). The Balaban J connectivity index is 1.73. The van der Waals surface area contributed by atoms with E-state index in [4.69, 9.17) is 9.47 Å². The lowest BCUT2D eigenvalue weighted by Gasteiger charge is -2.28. The number of hydrogen-bond acceptors (Lipinski definition) is 3. The van der Waals surface area contributed by atoms with E-state index in [1.54, 1.807) is 0 Å². The van der Waals surface area contributed by atoms with Gasteiger partial charge in [-0.3, -0.25) is 0 Å². The second-order valence-corrected chi connectivity index (χ2v) is 4.37. The van der Waals surface area contributed by atoms with E-state index < -0.39 is 6.29 Å². The van der Waals surface area contributed by atoms with Crippen LogP contribution in [0.1, 0.15) is 18.4 Å². The highest BCUT2D eigenvalue weighted by Gasteiger charge is 2.22. The van der Waals surface area contributed by atoms with Crippen molar-refractivity contribution in [3.8, 4) is 0 Å². The maximum atomic E-state index is 9.43. The molecule has 0 spiro atoms. The van der Waals surface area contributed by atoms with E-state index >= 15 is 0 Å². The Morgan fingerprint density at radius 2 is 2.06 bits per heavy atom. The van der Waals surface area contributed by atoms with Gasteiger partial charge >= 0.3 is 0 Å². The number of hydrogen-bond donors (Lipinski definition) is 1. The standard InChI is InChI=1S/C14H18O3/c1-11-7-13(17-14(15)8-11)10-16-9-12-5-3-2-4-6-12/h2-6,13-15H,1,7-10H2. The molecule has 1 saturated heterocycles. The van der Waals surface area contributed by atoms with Crippen LogP contribution in [-0.2, 0) is 16.1 Å². The first kappa shape index (κ1) is 12.3. The topological polar surface area (TPSA) is 38.7 Å². The molecule has 1 aromatic carbocycles. The van der Waals surface area contributed by atoms with E-state index in [1.165, 1.54) is 0 Å². The van der Waals surface area contributed by atoms with Gasteiger partial charge in [-0.05, 0) is 12.0 Å². The summed E-state index contributed by atoms with van der Waals surface area (Å²) < 4.78 is 10.9. The Morgan fingerprint density at radius 3 is 2.76 bits per heavy atom. The number of ether oxygens (including phenoxy) is 2. The van der Waals surface area contributed by atoms with Crippen LogP contribution < -0.4 is 0 Å². The largest absolute Gasteiger partial charge is 0.374 e. The SMILES string of the molecule is C=C1CC(O)OC(COCc2ccccc2)C1. The lowest BCUT2D eigenvalue weighted by molar-refractivity contribution is -0.165. The molecule has 17 heavy (non-hydrogen) atoms. The summed E-state index contributed by atoms with van der Waals surface area (Å²) in [6.45, 7) is 4.95. The van der Waals surface area contributed by atoms with Crippen molar-refractivity contribution in [1.29, 1.82) is 0 Å². The summed E-state index contributed by atoms with van der Waals surface area (Å²) in [6.07, 6.45) is 0.512. The Bertz CT molecular complexity index is 361. The van der Waals surface area contributed by atoms with Crippen LogP contribution in [-0.4, -0.2) is 24.1 Å². The molecule has 0 amide bonds. The van der Waals surface area contributed by atoms with Crippen LogP contribution in [0.25, 0.3) is 0 Å². The van der Waals surface area contributed by atoms with Crippen LogP contribution in [0.4, 0.5) is 0 Å². The van der Waals surface area contributed by atoms with E-state index in [0.717, 1.165) is 17.6 Å². The van der Waals surface area contributed by atoms with Crippen LogP contribution >= 0.6 is 0 Å². The molecular formula is C14H18O3. The molecule has 1 fully saturated rings. The fraction of sp³-hybridized carbons (Fsp3) is 0.429. The molecule has 1 N–H and O–H groups in total. The average Bonchev–Trinajstić information content (AvgIpc) is 2.29. The van der Waals surface area contributed by atoms with E-state index in [-0.39, 0.29) is 6.10 Å². The predicted octanol–water partition coefficient (Wildman–Crippen LogP) is 2.26. The smallest absolute Gasteiger partial charge is 0.158 e. The maximum Gasteiger partial charge on any atom is 0.158 e. The van der Waals surface area contributed by atoms with Crippen LogP contribution in [0.3, 0.4) is 0 Å². The van der Waals surface area contributed by atoms with Gasteiger partial charge in [-0.2, -0.15) is 0 Å². The minimum Gasteiger partial charge on any atom is -0.374 e. The number of rotatable bonds is 4. The van der Waals surface area contributed by atoms with E-state index in [9.17, 15) is 5.11 Å². The van der Waals surface area contributed by atoms with Gasteiger partial charge < -0.3 is 14.6 Å². The van der Waals surface area contributed by atoms with Gasteiger partial charge in [-0.1, -0.05) is 42.5 Å². The van der Waals surface area contributed by atoms with Crippen molar-refractivity contribution in [2.24, 2.45) is 0 Å². The Morgan fingerprint density at radius 1 is 1.29 bits per heavy atom. The maximum absolute atomic E-state index is 9.43. The monoisotopic (exact) mass is 234 g/mol. The lowest BCUT2D eigenvalue weighted by Crippen LogP contribution is -2.31. The van der Waals surface area contributed by atoms with Gasteiger partial charge in [-0.25, -0.2) is 0 Å². The van der Waals surface area contributed by atoms with Gasteiger partial charge in [0.05, 0.1) is 19.3 Å². The molecule has 1 aliphatic heterocycles.